The van der Waals surface area contributed by atoms with Gasteiger partial charge in [-0.3, -0.25) is 14.7 Å². The number of piperazine rings is 1. The van der Waals surface area contributed by atoms with Crippen LogP contribution in [0.1, 0.15) is 17.0 Å². The average Bonchev–Trinajstić information content (AvgIpc) is 2.67. The van der Waals surface area contributed by atoms with Crippen molar-refractivity contribution in [1.29, 1.82) is 0 Å². The van der Waals surface area contributed by atoms with Crippen LogP contribution in [0.5, 0.6) is 0 Å². The number of thioether (sulfide) groups is 1. The number of hydrogen-bond acceptors (Lipinski definition) is 7. The number of rotatable bonds is 4. The highest BCUT2D eigenvalue weighted by molar-refractivity contribution is 7.98. The van der Waals surface area contributed by atoms with Crippen LogP contribution in [0.25, 0.3) is 0 Å². The Morgan fingerprint density at radius 2 is 1.96 bits per heavy atom. The summed E-state index contributed by atoms with van der Waals surface area (Å²) in [5.41, 5.74) is 3.19. The number of nitrogens with zero attached hydrogens (tertiary/aromatic N) is 6. The molecule has 0 aliphatic carbocycles. The molecule has 0 aromatic carbocycles. The second-order valence-electron chi connectivity index (χ2n) is 6.82. The van der Waals surface area contributed by atoms with E-state index in [0.29, 0.717) is 6.54 Å². The Labute approximate surface area is 157 Å². The molecule has 0 spiro atoms. The van der Waals surface area contributed by atoms with Gasteiger partial charge in [0.2, 0.25) is 0 Å². The van der Waals surface area contributed by atoms with E-state index in [9.17, 15) is 4.79 Å². The van der Waals surface area contributed by atoms with Crippen LogP contribution < -0.4 is 10.5 Å². The summed E-state index contributed by atoms with van der Waals surface area (Å²) >= 11 is 1.88. The Hall–Kier alpha value is -1.93. The van der Waals surface area contributed by atoms with Crippen molar-refractivity contribution in [3.05, 3.63) is 45.8 Å². The molecule has 2 aliphatic heterocycles. The van der Waals surface area contributed by atoms with E-state index in [1.165, 1.54) is 0 Å². The average molecular weight is 372 g/mol. The SMILES string of the molecule is Cc1cnc(N2CCN(CCn3nc4c(cc3=O)CSCC4)CC2)cn1. The highest BCUT2D eigenvalue weighted by Gasteiger charge is 2.19. The zero-order valence-corrected chi connectivity index (χ0v) is 15.9. The predicted octanol–water partition coefficient (Wildman–Crippen LogP) is 0.953. The number of hydrogen-bond donors (Lipinski definition) is 0. The third kappa shape index (κ3) is 3.91. The Bertz CT molecular complexity index is 813. The van der Waals surface area contributed by atoms with E-state index in [2.05, 4.69) is 24.9 Å². The molecule has 8 heteroatoms. The second kappa shape index (κ2) is 7.75. The van der Waals surface area contributed by atoms with Gasteiger partial charge in [0.25, 0.3) is 5.56 Å². The minimum atomic E-state index is 0.0276. The van der Waals surface area contributed by atoms with Crippen molar-refractivity contribution in [2.45, 2.75) is 25.6 Å². The molecule has 26 heavy (non-hydrogen) atoms. The first kappa shape index (κ1) is 17.5. The summed E-state index contributed by atoms with van der Waals surface area (Å²) in [6, 6.07) is 1.78. The van der Waals surface area contributed by atoms with Gasteiger partial charge in [-0.1, -0.05) is 0 Å². The maximum atomic E-state index is 12.3. The molecule has 4 rings (SSSR count). The Balaban J connectivity index is 1.32. The summed E-state index contributed by atoms with van der Waals surface area (Å²) in [6.45, 7) is 7.25. The van der Waals surface area contributed by atoms with Crippen molar-refractivity contribution in [3.8, 4) is 0 Å². The summed E-state index contributed by atoms with van der Waals surface area (Å²) < 4.78 is 1.65. The lowest BCUT2D eigenvalue weighted by Gasteiger charge is -2.35. The van der Waals surface area contributed by atoms with Crippen LogP contribution in [0.15, 0.2) is 23.3 Å². The Kier molecular flexibility index (Phi) is 5.21. The van der Waals surface area contributed by atoms with Crippen molar-refractivity contribution in [2.75, 3.05) is 43.4 Å². The van der Waals surface area contributed by atoms with E-state index in [0.717, 1.165) is 73.4 Å². The van der Waals surface area contributed by atoms with Crippen molar-refractivity contribution < 1.29 is 0 Å². The van der Waals surface area contributed by atoms with Gasteiger partial charge in [-0.15, -0.1) is 0 Å². The first-order chi connectivity index (χ1) is 12.7. The van der Waals surface area contributed by atoms with Crippen LogP contribution in [-0.4, -0.2) is 63.1 Å². The smallest absolute Gasteiger partial charge is 0.267 e. The van der Waals surface area contributed by atoms with E-state index >= 15 is 0 Å². The molecule has 2 aromatic heterocycles. The summed E-state index contributed by atoms with van der Waals surface area (Å²) in [5, 5.41) is 4.60. The topological polar surface area (TPSA) is 67.2 Å². The van der Waals surface area contributed by atoms with Crippen LogP contribution in [-0.2, 0) is 18.7 Å². The fraction of sp³-hybridized carbons (Fsp3) is 0.556. The highest BCUT2D eigenvalue weighted by Crippen LogP contribution is 2.21. The standard InChI is InChI=1S/C18H24N6OS/c1-14-11-20-17(12-19-14)23-6-3-22(4-7-23)5-8-24-18(25)10-15-13-26-9-2-16(15)21-24/h10-12H,2-9,13H2,1H3. The summed E-state index contributed by atoms with van der Waals surface area (Å²) in [7, 11) is 0. The van der Waals surface area contributed by atoms with E-state index in [1.54, 1.807) is 10.7 Å². The normalized spacial score (nSPS) is 18.0. The lowest BCUT2D eigenvalue weighted by atomic mass is 10.2. The van der Waals surface area contributed by atoms with Gasteiger partial charge in [-0.2, -0.15) is 16.9 Å². The van der Waals surface area contributed by atoms with Gasteiger partial charge in [0, 0.05) is 51.0 Å². The third-order valence-electron chi connectivity index (χ3n) is 5.00. The molecule has 2 aliphatic rings. The number of aromatic nitrogens is 4. The minimum absolute atomic E-state index is 0.0276. The van der Waals surface area contributed by atoms with Gasteiger partial charge in [-0.05, 0) is 18.2 Å². The fourth-order valence-corrected chi connectivity index (χ4v) is 4.35. The zero-order chi connectivity index (χ0) is 17.9. The van der Waals surface area contributed by atoms with Gasteiger partial charge in [0.1, 0.15) is 5.82 Å². The van der Waals surface area contributed by atoms with E-state index in [4.69, 9.17) is 0 Å². The van der Waals surface area contributed by atoms with E-state index < -0.39 is 0 Å². The zero-order valence-electron chi connectivity index (χ0n) is 15.1. The van der Waals surface area contributed by atoms with E-state index in [1.807, 2.05) is 31.1 Å². The largest absolute Gasteiger partial charge is 0.353 e. The molecule has 0 amide bonds. The number of aryl methyl sites for hydroxylation is 2. The quantitative estimate of drug-likeness (QED) is 0.792. The molecule has 0 bridgehead atoms. The molecule has 138 valence electrons. The van der Waals surface area contributed by atoms with Gasteiger partial charge >= 0.3 is 0 Å². The lowest BCUT2D eigenvalue weighted by Crippen LogP contribution is -2.48. The van der Waals surface area contributed by atoms with Crippen LogP contribution in [0.2, 0.25) is 0 Å². The fourth-order valence-electron chi connectivity index (χ4n) is 3.40. The first-order valence-electron chi connectivity index (χ1n) is 9.13. The molecular formula is C18H24N6OS. The van der Waals surface area contributed by atoms with Gasteiger partial charge in [0.15, 0.2) is 0 Å². The molecule has 0 saturated carbocycles. The molecule has 0 radical (unpaired) electrons. The predicted molar refractivity (Wildman–Crippen MR) is 104 cm³/mol. The summed E-state index contributed by atoms with van der Waals surface area (Å²) in [6.07, 6.45) is 4.63. The Morgan fingerprint density at radius 1 is 1.12 bits per heavy atom. The molecular weight excluding hydrogens is 348 g/mol. The first-order valence-corrected chi connectivity index (χ1v) is 10.3. The summed E-state index contributed by atoms with van der Waals surface area (Å²) in [5.74, 6) is 2.96. The van der Waals surface area contributed by atoms with E-state index in [-0.39, 0.29) is 5.56 Å². The van der Waals surface area contributed by atoms with Crippen LogP contribution in [0.3, 0.4) is 0 Å². The van der Waals surface area contributed by atoms with Crippen molar-refractivity contribution in [2.24, 2.45) is 0 Å². The molecule has 0 atom stereocenters. The molecule has 0 N–H and O–H groups in total. The molecule has 1 saturated heterocycles. The Morgan fingerprint density at radius 3 is 2.73 bits per heavy atom. The van der Waals surface area contributed by atoms with Gasteiger partial charge in [0.05, 0.1) is 30.3 Å². The van der Waals surface area contributed by atoms with Crippen molar-refractivity contribution in [1.82, 2.24) is 24.6 Å². The number of fused-ring (bicyclic) bond motifs is 1. The van der Waals surface area contributed by atoms with Crippen LogP contribution in [0, 0.1) is 6.92 Å². The minimum Gasteiger partial charge on any atom is -0.353 e. The third-order valence-corrected chi connectivity index (χ3v) is 6.00. The van der Waals surface area contributed by atoms with Crippen molar-refractivity contribution in [3.63, 3.8) is 0 Å². The molecule has 0 unspecified atom stereocenters. The molecule has 4 heterocycles. The maximum Gasteiger partial charge on any atom is 0.267 e. The second-order valence-corrected chi connectivity index (χ2v) is 7.93. The molecule has 1 fully saturated rings. The molecule has 2 aromatic rings. The highest BCUT2D eigenvalue weighted by atomic mass is 32.2. The lowest BCUT2D eigenvalue weighted by molar-refractivity contribution is 0.242. The van der Waals surface area contributed by atoms with Crippen LogP contribution >= 0.6 is 11.8 Å². The van der Waals surface area contributed by atoms with Crippen molar-refractivity contribution >= 4 is 17.6 Å². The summed E-state index contributed by atoms with van der Waals surface area (Å²) in [4.78, 5) is 25.7. The number of anilines is 1. The molecule has 7 nitrogen and oxygen atoms in total. The maximum absolute atomic E-state index is 12.3. The van der Waals surface area contributed by atoms with Gasteiger partial charge in [-0.25, -0.2) is 9.67 Å². The van der Waals surface area contributed by atoms with Crippen LogP contribution in [0.4, 0.5) is 5.82 Å². The van der Waals surface area contributed by atoms with Gasteiger partial charge < -0.3 is 4.90 Å². The monoisotopic (exact) mass is 372 g/mol.